The Labute approximate surface area is 116 Å². The second-order valence-corrected chi connectivity index (χ2v) is 5.98. The Morgan fingerprint density at radius 2 is 1.68 bits per heavy atom. The van der Waals surface area contributed by atoms with Gasteiger partial charge in [-0.15, -0.1) is 0 Å². The molecule has 3 heteroatoms. The second-order valence-electron chi connectivity index (χ2n) is 5.98. The van der Waals surface area contributed by atoms with Crippen LogP contribution in [-0.2, 0) is 14.9 Å². The van der Waals surface area contributed by atoms with Crippen molar-refractivity contribution in [2.24, 2.45) is 0 Å². The van der Waals surface area contributed by atoms with Crippen LogP contribution in [-0.4, -0.2) is 19.1 Å². The van der Waals surface area contributed by atoms with Gasteiger partial charge in [0.05, 0.1) is 6.04 Å². The van der Waals surface area contributed by atoms with Crippen molar-refractivity contribution < 1.29 is 9.53 Å². The normalized spacial score (nSPS) is 14.8. The van der Waals surface area contributed by atoms with Gasteiger partial charge in [-0.1, -0.05) is 45.0 Å². The Hall–Kier alpha value is -1.35. The van der Waals surface area contributed by atoms with Gasteiger partial charge in [0.15, 0.2) is 0 Å². The van der Waals surface area contributed by atoms with E-state index in [1.54, 1.807) is 6.92 Å². The maximum atomic E-state index is 11.7. The first-order chi connectivity index (χ1) is 8.75. The number of hydrogen-bond acceptors (Lipinski definition) is 2. The van der Waals surface area contributed by atoms with E-state index in [9.17, 15) is 4.79 Å². The van der Waals surface area contributed by atoms with Gasteiger partial charge in [0.25, 0.3) is 0 Å². The van der Waals surface area contributed by atoms with Gasteiger partial charge in [-0.05, 0) is 30.4 Å². The van der Waals surface area contributed by atoms with Gasteiger partial charge in [-0.3, -0.25) is 4.79 Å². The fourth-order valence-corrected chi connectivity index (χ4v) is 1.79. The van der Waals surface area contributed by atoms with Crippen LogP contribution in [0, 0.1) is 0 Å². The van der Waals surface area contributed by atoms with E-state index in [0.29, 0.717) is 0 Å². The van der Waals surface area contributed by atoms with Gasteiger partial charge >= 0.3 is 0 Å². The molecule has 0 spiro atoms. The molecule has 0 saturated heterocycles. The molecule has 0 aliphatic rings. The summed E-state index contributed by atoms with van der Waals surface area (Å²) in [4.78, 5) is 11.7. The van der Waals surface area contributed by atoms with Crippen molar-refractivity contribution in [2.75, 3.05) is 7.11 Å². The van der Waals surface area contributed by atoms with Gasteiger partial charge in [0.1, 0.15) is 6.10 Å². The van der Waals surface area contributed by atoms with Crippen molar-refractivity contribution in [2.45, 2.75) is 52.2 Å². The molecule has 0 aromatic heterocycles. The first-order valence-corrected chi connectivity index (χ1v) is 6.69. The van der Waals surface area contributed by atoms with Gasteiger partial charge in [-0.2, -0.15) is 0 Å². The number of rotatable bonds is 4. The van der Waals surface area contributed by atoms with E-state index in [1.807, 2.05) is 6.92 Å². The fraction of sp³-hybridized carbons (Fsp3) is 0.562. The zero-order chi connectivity index (χ0) is 14.6. The minimum absolute atomic E-state index is 0.0147. The lowest BCUT2D eigenvalue weighted by Gasteiger charge is -2.21. The van der Waals surface area contributed by atoms with Gasteiger partial charge in [-0.25, -0.2) is 0 Å². The number of benzene rings is 1. The summed E-state index contributed by atoms with van der Waals surface area (Å²) in [5, 5.41) is 2.94. The van der Waals surface area contributed by atoms with Gasteiger partial charge < -0.3 is 10.1 Å². The summed E-state index contributed by atoms with van der Waals surface area (Å²) in [6.07, 6.45) is -0.420. The molecule has 0 aliphatic heterocycles. The van der Waals surface area contributed by atoms with Crippen molar-refractivity contribution in [3.05, 3.63) is 35.4 Å². The highest BCUT2D eigenvalue weighted by Crippen LogP contribution is 2.23. The van der Waals surface area contributed by atoms with E-state index in [0.717, 1.165) is 5.56 Å². The summed E-state index contributed by atoms with van der Waals surface area (Å²) in [6.45, 7) is 10.3. The smallest absolute Gasteiger partial charge is 0.249 e. The SMILES string of the molecule is COC(C)C(=O)NC(C)c1ccc(C(C)(C)C)cc1. The second kappa shape index (κ2) is 6.20. The molecule has 1 N–H and O–H groups in total. The van der Waals surface area contributed by atoms with Gasteiger partial charge in [0, 0.05) is 7.11 Å². The van der Waals surface area contributed by atoms with Crippen molar-refractivity contribution >= 4 is 5.91 Å². The summed E-state index contributed by atoms with van der Waals surface area (Å²) >= 11 is 0. The Morgan fingerprint density at radius 1 is 1.16 bits per heavy atom. The largest absolute Gasteiger partial charge is 0.372 e. The number of carbonyl (C=O) groups excluding carboxylic acids is 1. The van der Waals surface area contributed by atoms with Crippen LogP contribution in [0.2, 0.25) is 0 Å². The van der Waals surface area contributed by atoms with E-state index in [1.165, 1.54) is 12.7 Å². The number of nitrogens with one attached hydrogen (secondary N) is 1. The molecule has 0 heterocycles. The summed E-state index contributed by atoms with van der Waals surface area (Å²) in [5.74, 6) is -0.0881. The lowest BCUT2D eigenvalue weighted by molar-refractivity contribution is -0.130. The van der Waals surface area contributed by atoms with E-state index in [4.69, 9.17) is 4.74 Å². The van der Waals surface area contributed by atoms with Crippen LogP contribution in [0.4, 0.5) is 0 Å². The third-order valence-electron chi connectivity index (χ3n) is 3.36. The molecule has 2 atom stereocenters. The molecular formula is C16H25NO2. The lowest BCUT2D eigenvalue weighted by atomic mass is 9.86. The fourth-order valence-electron chi connectivity index (χ4n) is 1.79. The maximum Gasteiger partial charge on any atom is 0.249 e. The molecule has 1 aromatic carbocycles. The van der Waals surface area contributed by atoms with Gasteiger partial charge in [0.2, 0.25) is 5.91 Å². The minimum Gasteiger partial charge on any atom is -0.372 e. The highest BCUT2D eigenvalue weighted by Gasteiger charge is 2.17. The van der Waals surface area contributed by atoms with E-state index in [2.05, 4.69) is 50.4 Å². The molecule has 2 unspecified atom stereocenters. The van der Waals surface area contributed by atoms with Crippen LogP contribution < -0.4 is 5.32 Å². The Kier molecular flexibility index (Phi) is 5.12. The summed E-state index contributed by atoms with van der Waals surface area (Å²) in [6, 6.07) is 8.38. The predicted octanol–water partition coefficient (Wildman–Crippen LogP) is 3.20. The third-order valence-corrected chi connectivity index (χ3v) is 3.36. The van der Waals surface area contributed by atoms with Crippen LogP contribution in [0.5, 0.6) is 0 Å². The molecule has 3 nitrogen and oxygen atoms in total. The molecular weight excluding hydrogens is 238 g/mol. The summed E-state index contributed by atoms with van der Waals surface area (Å²) in [7, 11) is 1.53. The molecule has 106 valence electrons. The minimum atomic E-state index is -0.420. The molecule has 1 rings (SSSR count). The quantitative estimate of drug-likeness (QED) is 0.906. The number of amides is 1. The number of ether oxygens (including phenoxy) is 1. The maximum absolute atomic E-state index is 11.7. The zero-order valence-corrected chi connectivity index (χ0v) is 12.8. The standard InChI is InChI=1S/C16H25NO2/c1-11(17-15(18)12(2)19-6)13-7-9-14(10-8-13)16(3,4)5/h7-12H,1-6H3,(H,17,18). The Balaban J connectivity index is 2.73. The van der Waals surface area contributed by atoms with Crippen LogP contribution in [0.25, 0.3) is 0 Å². The van der Waals surface area contributed by atoms with Crippen LogP contribution in [0.3, 0.4) is 0 Å². The lowest BCUT2D eigenvalue weighted by Crippen LogP contribution is -2.35. The molecule has 0 radical (unpaired) electrons. The molecule has 0 bridgehead atoms. The number of carbonyl (C=O) groups is 1. The first kappa shape index (κ1) is 15.7. The molecule has 1 aromatic rings. The molecule has 19 heavy (non-hydrogen) atoms. The number of methoxy groups -OCH3 is 1. The topological polar surface area (TPSA) is 38.3 Å². The van der Waals surface area contributed by atoms with Crippen molar-refractivity contribution in [3.63, 3.8) is 0 Å². The van der Waals surface area contributed by atoms with E-state index in [-0.39, 0.29) is 17.4 Å². The average molecular weight is 263 g/mol. The van der Waals surface area contributed by atoms with Crippen molar-refractivity contribution in [3.8, 4) is 0 Å². The average Bonchev–Trinajstić information content (AvgIpc) is 2.36. The Bertz CT molecular complexity index is 417. The highest BCUT2D eigenvalue weighted by atomic mass is 16.5. The number of hydrogen-bond donors (Lipinski definition) is 1. The van der Waals surface area contributed by atoms with E-state index < -0.39 is 6.10 Å². The van der Waals surface area contributed by atoms with Crippen molar-refractivity contribution in [1.29, 1.82) is 0 Å². The van der Waals surface area contributed by atoms with Crippen molar-refractivity contribution in [1.82, 2.24) is 5.32 Å². The van der Waals surface area contributed by atoms with Crippen LogP contribution in [0.15, 0.2) is 24.3 Å². The molecule has 0 aliphatic carbocycles. The molecule has 1 amide bonds. The third kappa shape index (κ3) is 4.35. The monoisotopic (exact) mass is 263 g/mol. The summed E-state index contributed by atoms with van der Waals surface area (Å²) < 4.78 is 5.00. The summed E-state index contributed by atoms with van der Waals surface area (Å²) in [5.41, 5.74) is 2.54. The zero-order valence-electron chi connectivity index (χ0n) is 12.8. The highest BCUT2D eigenvalue weighted by molar-refractivity contribution is 5.80. The molecule has 0 saturated carbocycles. The predicted molar refractivity (Wildman–Crippen MR) is 78.2 cm³/mol. The Morgan fingerprint density at radius 3 is 2.11 bits per heavy atom. The first-order valence-electron chi connectivity index (χ1n) is 6.69. The van der Waals surface area contributed by atoms with E-state index >= 15 is 0 Å². The molecule has 0 fully saturated rings. The van der Waals surface area contributed by atoms with Crippen LogP contribution in [0.1, 0.15) is 51.8 Å². The van der Waals surface area contributed by atoms with Crippen LogP contribution >= 0.6 is 0 Å².